The SMILES string of the molecule is COCC(NC(=O)NCc1cncs1)C(=O)O. The first-order chi connectivity index (χ1) is 8.13. The molecule has 2 amide bonds. The molecule has 8 heteroatoms. The van der Waals surface area contributed by atoms with E-state index in [2.05, 4.69) is 20.4 Å². The van der Waals surface area contributed by atoms with Gasteiger partial charge in [0.05, 0.1) is 18.7 Å². The Balaban J connectivity index is 2.34. The molecule has 1 heterocycles. The molecule has 0 aliphatic carbocycles. The largest absolute Gasteiger partial charge is 0.480 e. The van der Waals surface area contributed by atoms with Crippen molar-refractivity contribution in [2.45, 2.75) is 12.6 Å². The predicted molar refractivity (Wildman–Crippen MR) is 60.8 cm³/mol. The molecule has 1 unspecified atom stereocenters. The van der Waals surface area contributed by atoms with Gasteiger partial charge in [-0.2, -0.15) is 0 Å². The lowest BCUT2D eigenvalue weighted by atomic mass is 10.3. The Kier molecular flexibility index (Phi) is 5.37. The molecule has 0 aliphatic heterocycles. The second kappa shape index (κ2) is 6.81. The van der Waals surface area contributed by atoms with Crippen molar-refractivity contribution in [3.63, 3.8) is 0 Å². The minimum atomic E-state index is -1.14. The summed E-state index contributed by atoms with van der Waals surface area (Å²) in [4.78, 5) is 26.8. The van der Waals surface area contributed by atoms with Gasteiger partial charge in [-0.25, -0.2) is 9.59 Å². The summed E-state index contributed by atoms with van der Waals surface area (Å²) in [5.74, 6) is -1.14. The molecule has 94 valence electrons. The number of thiazole rings is 1. The first kappa shape index (κ1) is 13.4. The summed E-state index contributed by atoms with van der Waals surface area (Å²) in [7, 11) is 1.37. The number of carboxylic acids is 1. The molecule has 0 fully saturated rings. The highest BCUT2D eigenvalue weighted by atomic mass is 32.1. The van der Waals surface area contributed by atoms with Crippen molar-refractivity contribution in [3.05, 3.63) is 16.6 Å². The van der Waals surface area contributed by atoms with Crippen LogP contribution in [0, 0.1) is 0 Å². The maximum atomic E-state index is 11.4. The first-order valence-electron chi connectivity index (χ1n) is 4.77. The number of rotatable bonds is 6. The highest BCUT2D eigenvalue weighted by Gasteiger charge is 2.19. The minimum absolute atomic E-state index is 0.0800. The summed E-state index contributed by atoms with van der Waals surface area (Å²) in [6.07, 6.45) is 1.63. The van der Waals surface area contributed by atoms with Crippen LogP contribution in [0.5, 0.6) is 0 Å². The van der Waals surface area contributed by atoms with Crippen LogP contribution in [0.4, 0.5) is 4.79 Å². The van der Waals surface area contributed by atoms with Crippen LogP contribution in [0.3, 0.4) is 0 Å². The summed E-state index contributed by atoms with van der Waals surface area (Å²) >= 11 is 1.41. The lowest BCUT2D eigenvalue weighted by Crippen LogP contribution is -2.47. The van der Waals surface area contributed by atoms with E-state index >= 15 is 0 Å². The Morgan fingerprint density at radius 3 is 2.94 bits per heavy atom. The molecule has 1 aromatic rings. The zero-order chi connectivity index (χ0) is 12.7. The van der Waals surface area contributed by atoms with Gasteiger partial charge >= 0.3 is 12.0 Å². The summed E-state index contributed by atoms with van der Waals surface area (Å²) in [6.45, 7) is 0.235. The standard InChI is InChI=1S/C9H13N3O4S/c1-16-4-7(8(13)14)12-9(15)11-3-6-2-10-5-17-6/h2,5,7H,3-4H2,1H3,(H,13,14)(H2,11,12,15). The number of aliphatic carboxylic acids is 1. The normalized spacial score (nSPS) is 11.8. The van der Waals surface area contributed by atoms with E-state index in [1.165, 1.54) is 18.4 Å². The molecule has 1 rings (SSSR count). The summed E-state index contributed by atoms with van der Waals surface area (Å²) in [5, 5.41) is 13.6. The fraction of sp³-hybridized carbons (Fsp3) is 0.444. The number of aromatic nitrogens is 1. The Morgan fingerprint density at radius 1 is 1.65 bits per heavy atom. The number of carboxylic acid groups (broad SMARTS) is 1. The van der Waals surface area contributed by atoms with E-state index < -0.39 is 18.0 Å². The number of urea groups is 1. The maximum Gasteiger partial charge on any atom is 0.328 e. The Morgan fingerprint density at radius 2 is 2.41 bits per heavy atom. The molecule has 0 bridgehead atoms. The van der Waals surface area contributed by atoms with E-state index in [0.29, 0.717) is 6.54 Å². The second-order valence-corrected chi connectivity index (χ2v) is 4.11. The first-order valence-corrected chi connectivity index (χ1v) is 5.65. The Hall–Kier alpha value is -1.67. The number of nitrogens with one attached hydrogen (secondary N) is 2. The van der Waals surface area contributed by atoms with Crippen LogP contribution in [0.1, 0.15) is 4.88 Å². The molecular formula is C9H13N3O4S. The van der Waals surface area contributed by atoms with Crippen molar-refractivity contribution in [1.29, 1.82) is 0 Å². The van der Waals surface area contributed by atoms with Crippen molar-refractivity contribution in [3.8, 4) is 0 Å². The molecule has 0 saturated carbocycles. The number of carbonyl (C=O) groups excluding carboxylic acids is 1. The number of carbonyl (C=O) groups is 2. The molecule has 0 radical (unpaired) electrons. The Bertz CT molecular complexity index is 368. The van der Waals surface area contributed by atoms with Gasteiger partial charge in [-0.15, -0.1) is 11.3 Å². The van der Waals surface area contributed by atoms with Gasteiger partial charge in [-0.05, 0) is 0 Å². The number of amides is 2. The molecule has 0 aliphatic rings. The molecule has 1 aromatic heterocycles. The average molecular weight is 259 g/mol. The number of hydrogen-bond donors (Lipinski definition) is 3. The molecule has 7 nitrogen and oxygen atoms in total. The molecular weight excluding hydrogens is 246 g/mol. The van der Waals surface area contributed by atoms with Crippen LogP contribution in [0.15, 0.2) is 11.7 Å². The van der Waals surface area contributed by atoms with E-state index in [4.69, 9.17) is 5.11 Å². The molecule has 17 heavy (non-hydrogen) atoms. The molecule has 3 N–H and O–H groups in total. The topological polar surface area (TPSA) is 101 Å². The van der Waals surface area contributed by atoms with E-state index in [1.54, 1.807) is 11.7 Å². The summed E-state index contributed by atoms with van der Waals surface area (Å²) < 4.78 is 4.69. The average Bonchev–Trinajstić information content (AvgIpc) is 2.78. The van der Waals surface area contributed by atoms with Gasteiger partial charge in [-0.3, -0.25) is 4.98 Å². The van der Waals surface area contributed by atoms with Crippen molar-refractivity contribution in [2.24, 2.45) is 0 Å². The van der Waals surface area contributed by atoms with Crippen molar-refractivity contribution >= 4 is 23.3 Å². The van der Waals surface area contributed by atoms with Crippen LogP contribution in [-0.4, -0.2) is 41.8 Å². The maximum absolute atomic E-state index is 11.4. The van der Waals surface area contributed by atoms with Gasteiger partial charge in [0, 0.05) is 18.2 Å². The van der Waals surface area contributed by atoms with E-state index in [0.717, 1.165) is 4.88 Å². The van der Waals surface area contributed by atoms with Gasteiger partial charge < -0.3 is 20.5 Å². The lowest BCUT2D eigenvalue weighted by molar-refractivity contribution is -0.140. The van der Waals surface area contributed by atoms with Gasteiger partial charge in [0.1, 0.15) is 0 Å². The zero-order valence-electron chi connectivity index (χ0n) is 9.17. The number of ether oxygens (including phenoxy) is 1. The summed E-state index contributed by atoms with van der Waals surface area (Å²) in [5.41, 5.74) is 1.65. The summed E-state index contributed by atoms with van der Waals surface area (Å²) in [6, 6.07) is -1.61. The lowest BCUT2D eigenvalue weighted by Gasteiger charge is -2.13. The number of methoxy groups -OCH3 is 1. The van der Waals surface area contributed by atoms with Crippen molar-refractivity contribution < 1.29 is 19.4 Å². The third kappa shape index (κ3) is 4.79. The quantitative estimate of drug-likeness (QED) is 0.669. The van der Waals surface area contributed by atoms with Crippen LogP contribution >= 0.6 is 11.3 Å². The van der Waals surface area contributed by atoms with Crippen LogP contribution < -0.4 is 10.6 Å². The third-order valence-electron chi connectivity index (χ3n) is 1.84. The van der Waals surface area contributed by atoms with Crippen LogP contribution in [0.25, 0.3) is 0 Å². The van der Waals surface area contributed by atoms with E-state index in [1.807, 2.05) is 0 Å². The smallest absolute Gasteiger partial charge is 0.328 e. The molecule has 0 saturated heterocycles. The fourth-order valence-electron chi connectivity index (χ4n) is 1.05. The van der Waals surface area contributed by atoms with Gasteiger partial charge in [0.15, 0.2) is 6.04 Å². The van der Waals surface area contributed by atoms with E-state index in [9.17, 15) is 9.59 Å². The fourth-order valence-corrected chi connectivity index (χ4v) is 1.58. The molecule has 0 spiro atoms. The predicted octanol–water partition coefficient (Wildman–Crippen LogP) is 0.0419. The third-order valence-corrected chi connectivity index (χ3v) is 2.62. The zero-order valence-corrected chi connectivity index (χ0v) is 9.99. The molecule has 0 aromatic carbocycles. The highest BCUT2D eigenvalue weighted by Crippen LogP contribution is 2.03. The number of hydrogen-bond acceptors (Lipinski definition) is 5. The Labute approximate surface area is 102 Å². The van der Waals surface area contributed by atoms with Crippen LogP contribution in [0.2, 0.25) is 0 Å². The monoisotopic (exact) mass is 259 g/mol. The van der Waals surface area contributed by atoms with E-state index in [-0.39, 0.29) is 6.61 Å². The van der Waals surface area contributed by atoms with Crippen molar-refractivity contribution in [1.82, 2.24) is 15.6 Å². The van der Waals surface area contributed by atoms with Gasteiger partial charge in [0.2, 0.25) is 0 Å². The van der Waals surface area contributed by atoms with Gasteiger partial charge in [-0.1, -0.05) is 0 Å². The van der Waals surface area contributed by atoms with Gasteiger partial charge in [0.25, 0.3) is 0 Å². The minimum Gasteiger partial charge on any atom is -0.480 e. The number of nitrogens with zero attached hydrogens (tertiary/aromatic N) is 1. The second-order valence-electron chi connectivity index (χ2n) is 3.14. The molecule has 1 atom stereocenters. The van der Waals surface area contributed by atoms with Crippen LogP contribution in [-0.2, 0) is 16.1 Å². The van der Waals surface area contributed by atoms with Crippen molar-refractivity contribution in [2.75, 3.05) is 13.7 Å². The highest BCUT2D eigenvalue weighted by molar-refractivity contribution is 7.09.